The van der Waals surface area contributed by atoms with Gasteiger partial charge in [-0.15, -0.1) is 0 Å². The van der Waals surface area contributed by atoms with Gasteiger partial charge < -0.3 is 10.0 Å². The first kappa shape index (κ1) is 11.2. The minimum atomic E-state index is -3.67. The highest BCUT2D eigenvalue weighted by atomic mass is 32.2. The summed E-state index contributed by atoms with van der Waals surface area (Å²) in [7, 11) is -2.69. The van der Waals surface area contributed by atoms with E-state index in [1.54, 1.807) is 0 Å². The fraction of sp³-hybridized carbons (Fsp3) is 0.400. The van der Waals surface area contributed by atoms with Gasteiger partial charge in [-0.3, -0.25) is 0 Å². The van der Waals surface area contributed by atoms with Gasteiger partial charge in [-0.05, 0) is 0 Å². The van der Waals surface area contributed by atoms with Gasteiger partial charge in [-0.2, -0.15) is 21.9 Å². The van der Waals surface area contributed by atoms with Crippen molar-refractivity contribution in [1.82, 2.24) is 13.5 Å². The van der Waals surface area contributed by atoms with Crippen LogP contribution in [0.2, 0.25) is 0 Å². The molecule has 0 saturated heterocycles. The second kappa shape index (κ2) is 3.69. The van der Waals surface area contributed by atoms with Crippen LogP contribution in [0.5, 0.6) is 0 Å². The van der Waals surface area contributed by atoms with E-state index < -0.39 is 17.3 Å². The summed E-state index contributed by atoms with van der Waals surface area (Å²) >= 11 is 0. The molecule has 0 bridgehead atoms. The van der Waals surface area contributed by atoms with Crippen LogP contribution in [-0.2, 0) is 10.2 Å². The molecule has 0 radical (unpaired) electrons. The lowest BCUT2D eigenvalue weighted by atomic mass is 9.83. The van der Waals surface area contributed by atoms with Crippen molar-refractivity contribution in [1.29, 1.82) is 0 Å². The molecule has 78 valence electrons. The summed E-state index contributed by atoms with van der Waals surface area (Å²) in [6.07, 6.45) is 2.12. The molecule has 14 heavy (non-hydrogen) atoms. The van der Waals surface area contributed by atoms with Crippen LogP contribution in [-0.4, -0.2) is 53.2 Å². The number of hydrogen-bond acceptors (Lipinski definition) is 5. The zero-order valence-corrected chi connectivity index (χ0v) is 8.51. The summed E-state index contributed by atoms with van der Waals surface area (Å²) in [5.41, 5.74) is 0.0235. The Morgan fingerprint density at radius 3 is 2.43 bits per heavy atom. The molecule has 0 saturated carbocycles. The molecule has 2 N–H and O–H groups in total. The lowest BCUT2D eigenvalue weighted by molar-refractivity contribution is 0.426. The molecule has 0 aliphatic rings. The molecule has 7 nitrogen and oxygen atoms in total. The third-order valence-corrected chi connectivity index (χ3v) is 3.17. The molecule has 1 aromatic heterocycles. The summed E-state index contributed by atoms with van der Waals surface area (Å²) < 4.78 is 24.5. The highest BCUT2D eigenvalue weighted by molar-refractivity contribution is 7.87. The summed E-state index contributed by atoms with van der Waals surface area (Å²) in [6.45, 7) is 0. The van der Waals surface area contributed by atoms with E-state index in [2.05, 4.69) is 5.10 Å². The molecule has 0 atom stereocenters. The third kappa shape index (κ3) is 1.95. The van der Waals surface area contributed by atoms with Gasteiger partial charge in [0.25, 0.3) is 0 Å². The minimum Gasteiger partial charge on any atom is -0.423 e. The van der Waals surface area contributed by atoms with Gasteiger partial charge in [0.1, 0.15) is 0 Å². The van der Waals surface area contributed by atoms with Crippen molar-refractivity contribution in [3.63, 3.8) is 0 Å². The van der Waals surface area contributed by atoms with Crippen LogP contribution in [0.25, 0.3) is 0 Å². The predicted octanol–water partition coefficient (Wildman–Crippen LogP) is -2.78. The maximum absolute atomic E-state index is 11.4. The van der Waals surface area contributed by atoms with E-state index in [-0.39, 0.29) is 5.46 Å². The fourth-order valence-corrected chi connectivity index (χ4v) is 1.50. The molecule has 1 aromatic rings. The van der Waals surface area contributed by atoms with Crippen LogP contribution in [0.3, 0.4) is 0 Å². The first-order valence-corrected chi connectivity index (χ1v) is 5.09. The predicted molar refractivity (Wildman–Crippen MR) is 50.1 cm³/mol. The molecule has 0 aromatic carbocycles. The topological polar surface area (TPSA) is 95.7 Å². The second-order valence-corrected chi connectivity index (χ2v) is 4.81. The van der Waals surface area contributed by atoms with E-state index in [1.165, 1.54) is 14.1 Å². The number of rotatable bonds is 3. The maximum atomic E-state index is 11.4. The fourth-order valence-electron chi connectivity index (χ4n) is 0.745. The Bertz CT molecular complexity index is 412. The van der Waals surface area contributed by atoms with Crippen molar-refractivity contribution in [2.24, 2.45) is 0 Å². The van der Waals surface area contributed by atoms with E-state index in [4.69, 9.17) is 10.0 Å². The monoisotopic (exact) mass is 219 g/mol. The molecule has 0 aliphatic carbocycles. The molecule has 0 unspecified atom stereocenters. The average molecular weight is 219 g/mol. The third-order valence-electron chi connectivity index (χ3n) is 1.58. The summed E-state index contributed by atoms with van der Waals surface area (Å²) in [5, 5.41) is 21.0. The quantitative estimate of drug-likeness (QED) is 0.536. The van der Waals surface area contributed by atoms with E-state index in [9.17, 15) is 8.42 Å². The summed E-state index contributed by atoms with van der Waals surface area (Å²) in [6, 6.07) is 0. The Morgan fingerprint density at radius 2 is 2.07 bits per heavy atom. The molecule has 1 heterocycles. The Labute approximate surface area is 81.9 Å². The van der Waals surface area contributed by atoms with Crippen LogP contribution in [0.1, 0.15) is 0 Å². The SMILES string of the molecule is CN(C)S(=O)(=O)n1cc(B(O)O)cn1. The van der Waals surface area contributed by atoms with Crippen molar-refractivity contribution < 1.29 is 18.5 Å². The molecule has 1 rings (SSSR count). The van der Waals surface area contributed by atoms with Gasteiger partial charge in [0.15, 0.2) is 0 Å². The van der Waals surface area contributed by atoms with Crippen LogP contribution in [0.15, 0.2) is 12.4 Å². The Kier molecular flexibility index (Phi) is 2.95. The lowest BCUT2D eigenvalue weighted by Gasteiger charge is -2.09. The molecule has 0 aliphatic heterocycles. The second-order valence-electron chi connectivity index (χ2n) is 2.81. The van der Waals surface area contributed by atoms with E-state index in [0.717, 1.165) is 16.7 Å². The van der Waals surface area contributed by atoms with Crippen molar-refractivity contribution >= 4 is 22.8 Å². The standard InChI is InChI=1S/C5H10BN3O4S/c1-8(2)14(12,13)9-4-5(3-7-9)6(10)11/h3-4,10-11H,1-2H3. The van der Waals surface area contributed by atoms with Crippen LogP contribution in [0, 0.1) is 0 Å². The van der Waals surface area contributed by atoms with Crippen LogP contribution in [0.4, 0.5) is 0 Å². The highest BCUT2D eigenvalue weighted by Crippen LogP contribution is 1.96. The lowest BCUT2D eigenvalue weighted by Crippen LogP contribution is -2.31. The number of nitrogens with zero attached hydrogens (tertiary/aromatic N) is 3. The summed E-state index contributed by atoms with van der Waals surface area (Å²) in [5.74, 6) is 0. The van der Waals surface area contributed by atoms with Gasteiger partial charge in [-0.1, -0.05) is 0 Å². The van der Waals surface area contributed by atoms with Gasteiger partial charge in [0.05, 0.1) is 6.20 Å². The molecular weight excluding hydrogens is 209 g/mol. The molecular formula is C5H10BN3O4S. The van der Waals surface area contributed by atoms with Gasteiger partial charge in [0, 0.05) is 25.8 Å². The van der Waals surface area contributed by atoms with E-state index in [0.29, 0.717) is 4.09 Å². The summed E-state index contributed by atoms with van der Waals surface area (Å²) in [4.78, 5) is 0. The van der Waals surface area contributed by atoms with Crippen molar-refractivity contribution in [3.8, 4) is 0 Å². The number of hydrogen-bond donors (Lipinski definition) is 2. The average Bonchev–Trinajstić information content (AvgIpc) is 2.51. The van der Waals surface area contributed by atoms with E-state index >= 15 is 0 Å². The molecule has 0 spiro atoms. The number of aromatic nitrogens is 2. The van der Waals surface area contributed by atoms with Crippen LogP contribution >= 0.6 is 0 Å². The van der Waals surface area contributed by atoms with Gasteiger partial charge in [-0.25, -0.2) is 0 Å². The van der Waals surface area contributed by atoms with Gasteiger partial charge in [0.2, 0.25) is 0 Å². The molecule has 0 amide bonds. The first-order valence-electron chi connectivity index (χ1n) is 3.69. The Morgan fingerprint density at radius 1 is 1.50 bits per heavy atom. The van der Waals surface area contributed by atoms with Crippen molar-refractivity contribution in [3.05, 3.63) is 12.4 Å². The van der Waals surface area contributed by atoms with Crippen LogP contribution < -0.4 is 5.46 Å². The van der Waals surface area contributed by atoms with Crippen molar-refractivity contribution in [2.75, 3.05) is 14.1 Å². The van der Waals surface area contributed by atoms with Crippen molar-refractivity contribution in [2.45, 2.75) is 0 Å². The maximum Gasteiger partial charge on any atom is 0.491 e. The highest BCUT2D eigenvalue weighted by Gasteiger charge is 2.20. The smallest absolute Gasteiger partial charge is 0.423 e. The molecule has 0 fully saturated rings. The molecule has 9 heteroatoms. The Balaban J connectivity index is 3.10. The zero-order valence-electron chi connectivity index (χ0n) is 7.69. The zero-order chi connectivity index (χ0) is 10.9. The first-order chi connectivity index (χ1) is 6.35. The largest absolute Gasteiger partial charge is 0.491 e. The van der Waals surface area contributed by atoms with E-state index in [1.807, 2.05) is 0 Å². The minimum absolute atomic E-state index is 0.0235. The van der Waals surface area contributed by atoms with Gasteiger partial charge >= 0.3 is 17.3 Å². The Hall–Kier alpha value is -0.895. The normalized spacial score (nSPS) is 12.1.